The number of hydrogen-bond acceptors (Lipinski definition) is 6. The smallest absolute Gasteiger partial charge is 0.233 e. The summed E-state index contributed by atoms with van der Waals surface area (Å²) in [5, 5.41) is 10.2. The maximum absolute atomic E-state index is 8.55. The monoisotopic (exact) mass is 467 g/mol. The van der Waals surface area contributed by atoms with E-state index in [4.69, 9.17) is 19.5 Å². The van der Waals surface area contributed by atoms with Gasteiger partial charge in [0.25, 0.3) is 0 Å². The molecule has 4 heterocycles. The third kappa shape index (κ3) is 2.59. The molecule has 7 aromatic rings. The number of nitrogens with one attached hydrogen (secondary N) is 1. The second-order valence-electron chi connectivity index (χ2n) is 8.76. The molecule has 0 bridgehead atoms. The zero-order chi connectivity index (χ0) is 23.8. The molecule has 3 aromatic heterocycles. The number of ether oxygens (including phenoxy) is 1. The molecule has 170 valence electrons. The summed E-state index contributed by atoms with van der Waals surface area (Å²) < 4.78 is 14.2. The van der Waals surface area contributed by atoms with Crippen LogP contribution in [-0.2, 0) is 0 Å². The van der Waals surface area contributed by atoms with Gasteiger partial charge in [-0.3, -0.25) is 9.81 Å². The SMILES string of the molecule is N=c1nc2oc3cc(N4c5ccccc5Oc5ccccc54)ccc3cc2c2nc3ccccc3n12. The Morgan fingerprint density at radius 1 is 0.722 bits per heavy atom. The summed E-state index contributed by atoms with van der Waals surface area (Å²) in [6.45, 7) is 0. The molecular formula is C29H17N5O2. The Morgan fingerprint density at radius 3 is 2.25 bits per heavy atom. The maximum Gasteiger partial charge on any atom is 0.233 e. The van der Waals surface area contributed by atoms with Gasteiger partial charge in [0.15, 0.2) is 17.1 Å². The molecule has 0 saturated carbocycles. The van der Waals surface area contributed by atoms with Crippen LogP contribution in [0.5, 0.6) is 11.5 Å². The molecule has 7 heteroatoms. The van der Waals surface area contributed by atoms with Crippen molar-refractivity contribution in [3.8, 4) is 11.5 Å². The van der Waals surface area contributed by atoms with Crippen molar-refractivity contribution in [3.05, 3.63) is 103 Å². The fourth-order valence-electron chi connectivity index (χ4n) is 5.04. The largest absolute Gasteiger partial charge is 0.453 e. The Labute approximate surface area is 204 Å². The minimum atomic E-state index is 0.0847. The molecule has 4 aromatic carbocycles. The van der Waals surface area contributed by atoms with Gasteiger partial charge in [-0.2, -0.15) is 4.98 Å². The topological polar surface area (TPSA) is 79.7 Å². The van der Waals surface area contributed by atoms with E-state index < -0.39 is 0 Å². The fourth-order valence-corrected chi connectivity index (χ4v) is 5.04. The van der Waals surface area contributed by atoms with Gasteiger partial charge in [-0.25, -0.2) is 4.98 Å². The predicted octanol–water partition coefficient (Wildman–Crippen LogP) is 6.84. The summed E-state index contributed by atoms with van der Waals surface area (Å²) in [7, 11) is 0. The highest BCUT2D eigenvalue weighted by Crippen LogP contribution is 2.50. The van der Waals surface area contributed by atoms with Gasteiger partial charge in [0, 0.05) is 11.5 Å². The lowest BCUT2D eigenvalue weighted by atomic mass is 10.1. The van der Waals surface area contributed by atoms with E-state index in [0.29, 0.717) is 16.9 Å². The lowest BCUT2D eigenvalue weighted by molar-refractivity contribution is 0.477. The van der Waals surface area contributed by atoms with Gasteiger partial charge in [-0.1, -0.05) is 36.4 Å². The average molecular weight is 467 g/mol. The molecule has 0 atom stereocenters. The summed E-state index contributed by atoms with van der Waals surface area (Å²) in [6, 6.07) is 31.9. The van der Waals surface area contributed by atoms with Crippen molar-refractivity contribution in [2.45, 2.75) is 0 Å². The molecule has 1 aliphatic rings. The van der Waals surface area contributed by atoms with E-state index in [1.54, 1.807) is 4.40 Å². The van der Waals surface area contributed by atoms with E-state index in [9.17, 15) is 0 Å². The zero-order valence-corrected chi connectivity index (χ0v) is 18.8. The van der Waals surface area contributed by atoms with Crippen LogP contribution in [0.3, 0.4) is 0 Å². The van der Waals surface area contributed by atoms with E-state index in [-0.39, 0.29) is 5.62 Å². The third-order valence-electron chi connectivity index (χ3n) is 6.65. The van der Waals surface area contributed by atoms with Crippen LogP contribution in [0.1, 0.15) is 0 Å². The molecule has 0 aliphatic carbocycles. The minimum absolute atomic E-state index is 0.0847. The van der Waals surface area contributed by atoms with Gasteiger partial charge < -0.3 is 14.1 Å². The van der Waals surface area contributed by atoms with Crippen molar-refractivity contribution in [2.24, 2.45) is 0 Å². The van der Waals surface area contributed by atoms with Crippen molar-refractivity contribution < 1.29 is 9.15 Å². The summed E-state index contributed by atoms with van der Waals surface area (Å²) in [4.78, 5) is 11.4. The Bertz CT molecular complexity index is 2030. The van der Waals surface area contributed by atoms with Gasteiger partial charge in [0.1, 0.15) is 5.58 Å². The molecule has 1 aliphatic heterocycles. The molecule has 0 fully saturated rings. The lowest BCUT2D eigenvalue weighted by Gasteiger charge is -2.32. The first-order valence-corrected chi connectivity index (χ1v) is 11.6. The molecule has 0 radical (unpaired) electrons. The number of imidazole rings is 1. The van der Waals surface area contributed by atoms with E-state index in [1.165, 1.54) is 0 Å². The van der Waals surface area contributed by atoms with Crippen LogP contribution < -0.4 is 15.3 Å². The first-order chi connectivity index (χ1) is 17.7. The number of benzene rings is 4. The second-order valence-corrected chi connectivity index (χ2v) is 8.76. The number of anilines is 3. The van der Waals surface area contributed by atoms with Crippen molar-refractivity contribution in [3.63, 3.8) is 0 Å². The Kier molecular flexibility index (Phi) is 3.69. The van der Waals surface area contributed by atoms with Crippen LogP contribution in [0, 0.1) is 5.41 Å². The van der Waals surface area contributed by atoms with Gasteiger partial charge in [0.05, 0.1) is 33.5 Å². The molecule has 36 heavy (non-hydrogen) atoms. The van der Waals surface area contributed by atoms with E-state index in [1.807, 2.05) is 91.0 Å². The molecule has 0 spiro atoms. The molecule has 0 saturated heterocycles. The highest BCUT2D eigenvalue weighted by atomic mass is 16.5. The number of aromatic nitrogens is 3. The first-order valence-electron chi connectivity index (χ1n) is 11.6. The van der Waals surface area contributed by atoms with Gasteiger partial charge in [-0.15, -0.1) is 0 Å². The van der Waals surface area contributed by atoms with Crippen molar-refractivity contribution in [1.82, 2.24) is 14.4 Å². The van der Waals surface area contributed by atoms with Crippen LogP contribution in [0.2, 0.25) is 0 Å². The molecular weight excluding hydrogens is 450 g/mol. The minimum Gasteiger partial charge on any atom is -0.453 e. The Balaban J connectivity index is 1.37. The summed E-state index contributed by atoms with van der Waals surface area (Å²) in [5.41, 5.74) is 6.32. The van der Waals surface area contributed by atoms with E-state index in [0.717, 1.165) is 50.4 Å². The van der Waals surface area contributed by atoms with E-state index in [2.05, 4.69) is 16.0 Å². The third-order valence-corrected chi connectivity index (χ3v) is 6.65. The lowest BCUT2D eigenvalue weighted by Crippen LogP contribution is -2.16. The predicted molar refractivity (Wildman–Crippen MR) is 138 cm³/mol. The van der Waals surface area contributed by atoms with Crippen LogP contribution in [0.4, 0.5) is 17.1 Å². The second kappa shape index (κ2) is 6.93. The molecule has 8 rings (SSSR count). The van der Waals surface area contributed by atoms with Crippen LogP contribution in [0.25, 0.3) is 38.7 Å². The number of nitrogens with zero attached hydrogens (tertiary/aromatic N) is 4. The van der Waals surface area contributed by atoms with Crippen molar-refractivity contribution >= 4 is 55.8 Å². The Morgan fingerprint density at radius 2 is 1.44 bits per heavy atom. The van der Waals surface area contributed by atoms with E-state index >= 15 is 0 Å². The van der Waals surface area contributed by atoms with Crippen LogP contribution >= 0.6 is 0 Å². The number of hydrogen-bond donors (Lipinski definition) is 1. The molecule has 1 N–H and O–H groups in total. The summed E-state index contributed by atoms with van der Waals surface area (Å²) >= 11 is 0. The summed E-state index contributed by atoms with van der Waals surface area (Å²) in [5.74, 6) is 1.59. The van der Waals surface area contributed by atoms with Crippen molar-refractivity contribution in [1.29, 1.82) is 5.41 Å². The number of para-hydroxylation sites is 6. The van der Waals surface area contributed by atoms with Crippen LogP contribution in [-0.4, -0.2) is 14.4 Å². The molecule has 0 amide bonds. The first kappa shape index (κ1) is 19.2. The van der Waals surface area contributed by atoms with Gasteiger partial charge in [-0.05, 0) is 54.6 Å². The van der Waals surface area contributed by atoms with Crippen molar-refractivity contribution in [2.75, 3.05) is 4.90 Å². The fraction of sp³-hybridized carbons (Fsp3) is 0. The van der Waals surface area contributed by atoms with Crippen LogP contribution in [0.15, 0.2) is 101 Å². The quantitative estimate of drug-likeness (QED) is 0.268. The normalized spacial score (nSPS) is 12.7. The molecule has 7 nitrogen and oxygen atoms in total. The average Bonchev–Trinajstić information content (AvgIpc) is 3.31. The highest BCUT2D eigenvalue weighted by Gasteiger charge is 2.25. The van der Waals surface area contributed by atoms with Gasteiger partial charge in [0.2, 0.25) is 11.3 Å². The molecule has 0 unspecified atom stereocenters. The number of fused-ring (bicyclic) bond motifs is 8. The highest BCUT2D eigenvalue weighted by molar-refractivity contribution is 6.00. The standard InChI is InChI=1S/C29H17N5O2/c30-29-32-28-19(27-31-20-7-1-2-8-21(20)34(27)29)15-17-13-14-18(16-26(17)36-28)33-22-9-3-5-11-24(22)35-25-12-6-4-10-23(25)33/h1-16,30H. The van der Waals surface area contributed by atoms with Gasteiger partial charge >= 0.3 is 0 Å². The number of rotatable bonds is 1. The summed E-state index contributed by atoms with van der Waals surface area (Å²) in [6.07, 6.45) is 0. The maximum atomic E-state index is 8.55. The zero-order valence-electron chi connectivity index (χ0n) is 18.8. The Hall–Kier alpha value is -5.17.